The van der Waals surface area contributed by atoms with Crippen LogP contribution in [-0.2, 0) is 16.0 Å². The second-order valence-corrected chi connectivity index (χ2v) is 4.73. The van der Waals surface area contributed by atoms with Gasteiger partial charge in [0.15, 0.2) is 0 Å². The first kappa shape index (κ1) is 13.1. The highest BCUT2D eigenvalue weighted by atomic mass is 35.5. The number of hydrogen-bond donors (Lipinski definition) is 0. The van der Waals surface area contributed by atoms with Crippen molar-refractivity contribution in [2.24, 2.45) is 0 Å². The molecule has 1 rings (SSSR count). The van der Waals surface area contributed by atoms with E-state index in [2.05, 4.69) is 4.98 Å². The van der Waals surface area contributed by atoms with Crippen LogP contribution in [0.3, 0.4) is 0 Å². The highest BCUT2D eigenvalue weighted by Crippen LogP contribution is 2.18. The third kappa shape index (κ3) is 3.91. The molecule has 3 nitrogen and oxygen atoms in total. The maximum atomic E-state index is 11.8. The molecular weight excluding hydrogens is 226 g/mol. The number of nitrogens with zero attached hydrogens (tertiary/aromatic N) is 1. The summed E-state index contributed by atoms with van der Waals surface area (Å²) >= 11 is 5.93. The monoisotopic (exact) mass is 241 g/mol. The zero-order chi connectivity index (χ0) is 12.2. The van der Waals surface area contributed by atoms with E-state index in [9.17, 15) is 4.79 Å². The van der Waals surface area contributed by atoms with Crippen LogP contribution in [0.25, 0.3) is 0 Å². The number of carbonyl (C=O) groups is 1. The van der Waals surface area contributed by atoms with Gasteiger partial charge in [-0.25, -0.2) is 0 Å². The van der Waals surface area contributed by atoms with Crippen LogP contribution in [-0.4, -0.2) is 23.5 Å². The van der Waals surface area contributed by atoms with E-state index in [1.54, 1.807) is 25.6 Å². The molecule has 0 bridgehead atoms. The lowest BCUT2D eigenvalue weighted by atomic mass is 9.98. The Balaban J connectivity index is 2.62. The summed E-state index contributed by atoms with van der Waals surface area (Å²) in [6.07, 6.45) is 3.89. The van der Waals surface area contributed by atoms with Gasteiger partial charge in [-0.3, -0.25) is 9.78 Å². The highest BCUT2D eigenvalue weighted by Gasteiger charge is 2.21. The van der Waals surface area contributed by atoms with E-state index in [0.717, 1.165) is 5.56 Å². The molecule has 4 heteroatoms. The van der Waals surface area contributed by atoms with E-state index in [-0.39, 0.29) is 5.78 Å². The largest absolute Gasteiger partial charge is 0.378 e. The van der Waals surface area contributed by atoms with E-state index in [4.69, 9.17) is 16.3 Å². The first-order chi connectivity index (χ1) is 7.44. The smallest absolute Gasteiger partial charge is 0.140 e. The Morgan fingerprint density at radius 2 is 2.25 bits per heavy atom. The van der Waals surface area contributed by atoms with Crippen LogP contribution in [0.15, 0.2) is 18.5 Å². The van der Waals surface area contributed by atoms with E-state index >= 15 is 0 Å². The van der Waals surface area contributed by atoms with Crippen molar-refractivity contribution in [2.45, 2.75) is 32.3 Å². The second kappa shape index (κ2) is 5.41. The fourth-order valence-corrected chi connectivity index (χ4v) is 1.56. The molecular formula is C12H16ClNO2. The molecule has 0 saturated heterocycles. The Morgan fingerprint density at radius 3 is 2.81 bits per heavy atom. The van der Waals surface area contributed by atoms with Crippen molar-refractivity contribution in [3.8, 4) is 0 Å². The number of ether oxygens (including phenoxy) is 1. The normalized spacial score (nSPS) is 11.5. The van der Waals surface area contributed by atoms with Gasteiger partial charge in [-0.2, -0.15) is 0 Å². The van der Waals surface area contributed by atoms with Crippen molar-refractivity contribution in [1.82, 2.24) is 4.98 Å². The molecule has 0 aromatic carbocycles. The summed E-state index contributed by atoms with van der Waals surface area (Å²) in [6.45, 7) is 3.78. The number of carbonyl (C=O) groups excluding carboxylic acids is 1. The Labute approximate surface area is 101 Å². The molecule has 1 aromatic rings. The van der Waals surface area contributed by atoms with E-state index < -0.39 is 5.60 Å². The molecule has 0 aliphatic carbocycles. The summed E-state index contributed by atoms with van der Waals surface area (Å²) in [5.74, 6) is 0.111. The van der Waals surface area contributed by atoms with Gasteiger partial charge in [0.25, 0.3) is 0 Å². The number of aromatic nitrogens is 1. The lowest BCUT2D eigenvalue weighted by Crippen LogP contribution is -2.27. The summed E-state index contributed by atoms with van der Waals surface area (Å²) in [4.78, 5) is 15.7. The SMILES string of the molecule is COC(C)(C)CC(=O)Cc1ccncc1Cl. The van der Waals surface area contributed by atoms with Crippen molar-refractivity contribution in [3.63, 3.8) is 0 Å². The molecule has 88 valence electrons. The highest BCUT2D eigenvalue weighted by molar-refractivity contribution is 6.31. The minimum absolute atomic E-state index is 0.111. The lowest BCUT2D eigenvalue weighted by Gasteiger charge is -2.21. The molecule has 0 N–H and O–H groups in total. The van der Waals surface area contributed by atoms with Crippen LogP contribution in [0.4, 0.5) is 0 Å². The van der Waals surface area contributed by atoms with Gasteiger partial charge in [0.1, 0.15) is 5.78 Å². The minimum Gasteiger partial charge on any atom is -0.378 e. The number of Topliss-reactive ketones (excluding diaryl/α,β-unsaturated/α-hetero) is 1. The number of pyridine rings is 1. The number of halogens is 1. The average molecular weight is 242 g/mol. The molecule has 0 aliphatic rings. The van der Waals surface area contributed by atoms with Gasteiger partial charge in [-0.05, 0) is 25.5 Å². The summed E-state index contributed by atoms with van der Waals surface area (Å²) < 4.78 is 5.21. The molecule has 0 unspecified atom stereocenters. The van der Waals surface area contributed by atoms with Crippen molar-refractivity contribution in [1.29, 1.82) is 0 Å². The van der Waals surface area contributed by atoms with Crippen molar-refractivity contribution < 1.29 is 9.53 Å². The van der Waals surface area contributed by atoms with Crippen LogP contribution in [0.1, 0.15) is 25.8 Å². The van der Waals surface area contributed by atoms with Crippen LogP contribution in [0.2, 0.25) is 5.02 Å². The molecule has 0 spiro atoms. The Morgan fingerprint density at radius 1 is 1.56 bits per heavy atom. The summed E-state index contributed by atoms with van der Waals surface area (Å²) in [5.41, 5.74) is 0.393. The van der Waals surface area contributed by atoms with Crippen LogP contribution in [0, 0.1) is 0 Å². The van der Waals surface area contributed by atoms with E-state index in [1.165, 1.54) is 0 Å². The van der Waals surface area contributed by atoms with Gasteiger partial charge in [-0.15, -0.1) is 0 Å². The number of ketones is 1. The fourth-order valence-electron chi connectivity index (χ4n) is 1.37. The molecule has 1 heterocycles. The first-order valence-corrected chi connectivity index (χ1v) is 5.47. The van der Waals surface area contributed by atoms with E-state index in [0.29, 0.717) is 17.9 Å². The van der Waals surface area contributed by atoms with Gasteiger partial charge >= 0.3 is 0 Å². The van der Waals surface area contributed by atoms with Crippen LogP contribution < -0.4 is 0 Å². The zero-order valence-electron chi connectivity index (χ0n) is 9.79. The third-order valence-corrected chi connectivity index (χ3v) is 2.76. The number of methoxy groups -OCH3 is 1. The predicted octanol–water partition coefficient (Wildman–Crippen LogP) is 2.66. The minimum atomic E-state index is -0.420. The van der Waals surface area contributed by atoms with Gasteiger partial charge < -0.3 is 4.74 Å². The lowest BCUT2D eigenvalue weighted by molar-refractivity contribution is -0.123. The van der Waals surface area contributed by atoms with E-state index in [1.807, 2.05) is 13.8 Å². The Bertz CT molecular complexity index is 377. The number of hydrogen-bond acceptors (Lipinski definition) is 3. The predicted molar refractivity (Wildman–Crippen MR) is 63.7 cm³/mol. The molecule has 0 radical (unpaired) electrons. The third-order valence-electron chi connectivity index (χ3n) is 2.42. The van der Waals surface area contributed by atoms with Gasteiger partial charge in [0, 0.05) is 32.3 Å². The number of rotatable bonds is 5. The topological polar surface area (TPSA) is 39.2 Å². The van der Waals surface area contributed by atoms with Gasteiger partial charge in [0.2, 0.25) is 0 Å². The maximum absolute atomic E-state index is 11.8. The molecule has 1 aromatic heterocycles. The fraction of sp³-hybridized carbons (Fsp3) is 0.500. The Hall–Kier alpha value is -0.930. The van der Waals surface area contributed by atoms with Crippen molar-refractivity contribution in [3.05, 3.63) is 29.0 Å². The maximum Gasteiger partial charge on any atom is 0.140 e. The molecule has 0 amide bonds. The molecule has 0 saturated carbocycles. The first-order valence-electron chi connectivity index (χ1n) is 5.10. The van der Waals surface area contributed by atoms with Crippen LogP contribution in [0.5, 0.6) is 0 Å². The van der Waals surface area contributed by atoms with Crippen molar-refractivity contribution in [2.75, 3.05) is 7.11 Å². The van der Waals surface area contributed by atoms with Gasteiger partial charge in [0.05, 0.1) is 10.6 Å². The molecule has 0 aliphatic heterocycles. The summed E-state index contributed by atoms with van der Waals surface area (Å²) in [7, 11) is 1.60. The Kier molecular flexibility index (Phi) is 4.44. The zero-order valence-corrected chi connectivity index (χ0v) is 10.5. The second-order valence-electron chi connectivity index (χ2n) is 4.32. The molecule has 16 heavy (non-hydrogen) atoms. The summed E-state index contributed by atoms with van der Waals surface area (Å²) in [6, 6.07) is 1.76. The van der Waals surface area contributed by atoms with Crippen molar-refractivity contribution >= 4 is 17.4 Å². The molecule has 0 atom stereocenters. The standard InChI is InChI=1S/C12H16ClNO2/c1-12(2,16-3)7-10(15)6-9-4-5-14-8-11(9)13/h4-5,8H,6-7H2,1-3H3. The summed E-state index contributed by atoms with van der Waals surface area (Å²) in [5, 5.41) is 0.533. The molecule has 0 fully saturated rings. The average Bonchev–Trinajstić information content (AvgIpc) is 2.21. The quantitative estimate of drug-likeness (QED) is 0.796. The van der Waals surface area contributed by atoms with Gasteiger partial charge in [-0.1, -0.05) is 11.6 Å². The van der Waals surface area contributed by atoms with Crippen LogP contribution >= 0.6 is 11.6 Å².